The van der Waals surface area contributed by atoms with Gasteiger partial charge < -0.3 is 14.4 Å². The van der Waals surface area contributed by atoms with Crippen LogP contribution in [0.25, 0.3) is 0 Å². The van der Waals surface area contributed by atoms with Crippen LogP contribution in [0.5, 0.6) is 11.5 Å². The van der Waals surface area contributed by atoms with E-state index in [1.807, 2.05) is 0 Å². The number of fused-ring (bicyclic) bond motifs is 1. The van der Waals surface area contributed by atoms with E-state index in [9.17, 15) is 18.4 Å². The van der Waals surface area contributed by atoms with Crippen molar-refractivity contribution >= 4 is 11.7 Å². The molecule has 4 rings (SSSR count). The molecule has 2 aliphatic heterocycles. The summed E-state index contributed by atoms with van der Waals surface area (Å²) in [6.07, 6.45) is -1.40. The summed E-state index contributed by atoms with van der Waals surface area (Å²) in [4.78, 5) is 27.4. The number of piperidine rings is 1. The van der Waals surface area contributed by atoms with Crippen LogP contribution in [-0.2, 0) is 4.79 Å². The van der Waals surface area contributed by atoms with E-state index in [0.717, 1.165) is 0 Å². The second-order valence-electron chi connectivity index (χ2n) is 8.20. The van der Waals surface area contributed by atoms with Gasteiger partial charge in [0, 0.05) is 37.7 Å². The number of amides is 1. The Labute approximate surface area is 178 Å². The van der Waals surface area contributed by atoms with Crippen molar-refractivity contribution in [1.29, 1.82) is 0 Å². The van der Waals surface area contributed by atoms with Gasteiger partial charge in [-0.2, -0.15) is 5.10 Å². The van der Waals surface area contributed by atoms with Crippen molar-refractivity contribution in [2.24, 2.45) is 0 Å². The third kappa shape index (κ3) is 3.88. The second kappa shape index (κ2) is 7.94. The van der Waals surface area contributed by atoms with Gasteiger partial charge in [0.25, 0.3) is 6.43 Å². The van der Waals surface area contributed by atoms with Gasteiger partial charge in [-0.1, -0.05) is 0 Å². The lowest BCUT2D eigenvalue weighted by molar-refractivity contribution is -0.138. The number of ether oxygens (including phenoxy) is 2. The zero-order valence-electron chi connectivity index (χ0n) is 17.7. The molecule has 2 aliphatic rings. The minimum absolute atomic E-state index is 0.0174. The summed E-state index contributed by atoms with van der Waals surface area (Å²) >= 11 is 0. The third-order valence-electron chi connectivity index (χ3n) is 6.17. The van der Waals surface area contributed by atoms with Gasteiger partial charge in [0.05, 0.1) is 19.1 Å². The fraction of sp³-hybridized carbons (Fsp3) is 0.500. The van der Waals surface area contributed by atoms with Crippen molar-refractivity contribution in [2.75, 3.05) is 20.2 Å². The average Bonchev–Trinajstić information content (AvgIpc) is 3.14. The number of hydrogen-bond acceptors (Lipinski definition) is 5. The van der Waals surface area contributed by atoms with Crippen LogP contribution in [0.2, 0.25) is 0 Å². The van der Waals surface area contributed by atoms with Crippen molar-refractivity contribution in [2.45, 2.75) is 51.2 Å². The van der Waals surface area contributed by atoms with E-state index in [4.69, 9.17) is 9.47 Å². The molecule has 1 aromatic heterocycles. The molecule has 0 radical (unpaired) electrons. The first-order valence-electron chi connectivity index (χ1n) is 10.3. The van der Waals surface area contributed by atoms with Gasteiger partial charge in [-0.15, -0.1) is 0 Å². The molecule has 0 N–H and O–H groups in total. The van der Waals surface area contributed by atoms with Gasteiger partial charge in [0.15, 0.2) is 5.78 Å². The highest BCUT2D eigenvalue weighted by atomic mass is 19.3. The first kappa shape index (κ1) is 21.3. The van der Waals surface area contributed by atoms with E-state index in [1.54, 1.807) is 44.1 Å². The number of aryl methyl sites for hydroxylation is 1. The molecule has 0 aliphatic carbocycles. The average molecular weight is 433 g/mol. The summed E-state index contributed by atoms with van der Waals surface area (Å²) in [6.45, 7) is 4.14. The number of rotatable bonds is 4. The van der Waals surface area contributed by atoms with E-state index in [0.29, 0.717) is 48.7 Å². The van der Waals surface area contributed by atoms with E-state index < -0.39 is 18.1 Å². The summed E-state index contributed by atoms with van der Waals surface area (Å²) < 4.78 is 38.7. The fourth-order valence-electron chi connectivity index (χ4n) is 4.39. The number of carbonyl (C=O) groups is 2. The number of halogens is 2. The number of carbonyl (C=O) groups excluding carboxylic acids is 2. The lowest BCUT2D eigenvalue weighted by Crippen LogP contribution is -2.53. The molecular weight excluding hydrogens is 408 g/mol. The van der Waals surface area contributed by atoms with Crippen molar-refractivity contribution in [3.63, 3.8) is 0 Å². The lowest BCUT2D eigenvalue weighted by Gasteiger charge is -2.44. The van der Waals surface area contributed by atoms with Crippen LogP contribution in [0.15, 0.2) is 24.3 Å². The largest absolute Gasteiger partial charge is 0.497 e. The highest BCUT2D eigenvalue weighted by Gasteiger charge is 2.44. The molecule has 2 aromatic rings. The number of ketones is 1. The Bertz CT molecular complexity index is 1010. The van der Waals surface area contributed by atoms with Gasteiger partial charge in [0.2, 0.25) is 5.91 Å². The summed E-state index contributed by atoms with van der Waals surface area (Å²) in [7, 11) is 1.55. The highest BCUT2D eigenvalue weighted by Crippen LogP contribution is 2.41. The van der Waals surface area contributed by atoms with Crippen LogP contribution in [0.4, 0.5) is 8.78 Å². The molecule has 31 heavy (non-hydrogen) atoms. The zero-order valence-corrected chi connectivity index (χ0v) is 17.7. The molecule has 1 amide bonds. The number of aromatic nitrogens is 2. The van der Waals surface area contributed by atoms with Gasteiger partial charge >= 0.3 is 0 Å². The Morgan fingerprint density at radius 1 is 1.26 bits per heavy atom. The topological polar surface area (TPSA) is 73.7 Å². The SMILES string of the molecule is COc1ccc2c(c1)OC1(CCN(C(=O)C(C)n3nc(C(F)F)cc3C)CC1)CC2=O. The Morgan fingerprint density at radius 2 is 1.97 bits per heavy atom. The van der Waals surface area contributed by atoms with E-state index in [-0.39, 0.29) is 23.8 Å². The Kier molecular flexibility index (Phi) is 5.45. The first-order valence-corrected chi connectivity index (χ1v) is 10.3. The third-order valence-corrected chi connectivity index (χ3v) is 6.17. The molecule has 0 saturated carbocycles. The fourth-order valence-corrected chi connectivity index (χ4v) is 4.39. The number of alkyl halides is 2. The van der Waals surface area contributed by atoms with Crippen LogP contribution in [0.1, 0.15) is 60.4 Å². The smallest absolute Gasteiger partial charge is 0.282 e. The molecule has 7 nitrogen and oxygen atoms in total. The zero-order chi connectivity index (χ0) is 22.3. The maximum Gasteiger partial charge on any atom is 0.282 e. The first-order chi connectivity index (χ1) is 14.7. The van der Waals surface area contributed by atoms with Crippen LogP contribution in [0.3, 0.4) is 0 Å². The van der Waals surface area contributed by atoms with Crippen LogP contribution < -0.4 is 9.47 Å². The molecular formula is C22H25F2N3O4. The standard InChI is InChI=1S/C22H25F2N3O4/c1-13-10-17(20(23)24)25-27(13)14(2)21(29)26-8-6-22(7-9-26)12-18(28)16-5-4-15(30-3)11-19(16)31-22/h4-5,10-11,14,20H,6-9,12H2,1-3H3. The van der Waals surface area contributed by atoms with Gasteiger partial charge in [-0.05, 0) is 32.0 Å². The molecule has 1 fully saturated rings. The van der Waals surface area contributed by atoms with Crippen molar-refractivity contribution < 1.29 is 27.8 Å². The molecule has 3 heterocycles. The van der Waals surface area contributed by atoms with E-state index >= 15 is 0 Å². The van der Waals surface area contributed by atoms with E-state index in [1.165, 1.54) is 10.7 Å². The van der Waals surface area contributed by atoms with Crippen molar-refractivity contribution in [1.82, 2.24) is 14.7 Å². The summed E-state index contributed by atoms with van der Waals surface area (Å²) in [6, 6.07) is 5.77. The molecule has 1 spiro atoms. The van der Waals surface area contributed by atoms with Gasteiger partial charge in [-0.3, -0.25) is 14.3 Å². The van der Waals surface area contributed by atoms with Gasteiger partial charge in [-0.25, -0.2) is 8.78 Å². The summed E-state index contributed by atoms with van der Waals surface area (Å²) in [5, 5.41) is 3.90. The minimum atomic E-state index is -2.68. The number of benzene rings is 1. The normalized spacial score (nSPS) is 18.6. The predicted octanol–water partition coefficient (Wildman–Crippen LogP) is 3.73. The number of hydrogen-bond donors (Lipinski definition) is 0. The van der Waals surface area contributed by atoms with Gasteiger partial charge in [0.1, 0.15) is 28.8 Å². The number of Topliss-reactive ketones (excluding diaryl/α,β-unsaturated/α-hetero) is 1. The maximum absolute atomic E-state index is 13.0. The number of nitrogens with zero attached hydrogens (tertiary/aromatic N) is 3. The molecule has 9 heteroatoms. The molecule has 1 atom stereocenters. The lowest BCUT2D eigenvalue weighted by atomic mass is 9.82. The molecule has 1 unspecified atom stereocenters. The Balaban J connectivity index is 1.46. The minimum Gasteiger partial charge on any atom is -0.497 e. The molecule has 1 saturated heterocycles. The molecule has 166 valence electrons. The molecule has 1 aromatic carbocycles. The Morgan fingerprint density at radius 3 is 2.58 bits per heavy atom. The van der Waals surface area contributed by atoms with Crippen LogP contribution in [-0.4, -0.2) is 52.2 Å². The summed E-state index contributed by atoms with van der Waals surface area (Å²) in [5.74, 6) is 0.952. The second-order valence-corrected chi connectivity index (χ2v) is 8.20. The van der Waals surface area contributed by atoms with Crippen molar-refractivity contribution in [3.8, 4) is 11.5 Å². The number of likely N-dealkylation sites (tertiary alicyclic amines) is 1. The van der Waals surface area contributed by atoms with Crippen molar-refractivity contribution in [3.05, 3.63) is 41.2 Å². The van der Waals surface area contributed by atoms with E-state index in [2.05, 4.69) is 5.10 Å². The molecule has 0 bridgehead atoms. The van der Waals surface area contributed by atoms with Crippen LogP contribution in [0, 0.1) is 6.92 Å². The Hall–Kier alpha value is -2.97. The van der Waals surface area contributed by atoms with Crippen LogP contribution >= 0.6 is 0 Å². The highest BCUT2D eigenvalue weighted by molar-refractivity contribution is 6.00. The maximum atomic E-state index is 13.0. The quantitative estimate of drug-likeness (QED) is 0.735. The predicted molar refractivity (Wildman–Crippen MR) is 108 cm³/mol. The number of methoxy groups -OCH3 is 1. The summed E-state index contributed by atoms with van der Waals surface area (Å²) in [5.41, 5.74) is 0.0675. The monoisotopic (exact) mass is 433 g/mol.